The predicted octanol–water partition coefficient (Wildman–Crippen LogP) is 4.42. The van der Waals surface area contributed by atoms with Gasteiger partial charge in [0.25, 0.3) is 0 Å². The molecule has 2 heterocycles. The third-order valence-electron chi connectivity index (χ3n) is 5.73. The number of hydrogen-bond donors (Lipinski definition) is 1. The molecule has 1 aliphatic heterocycles. The van der Waals surface area contributed by atoms with E-state index < -0.39 is 0 Å². The first-order valence-electron chi connectivity index (χ1n) is 10.3. The number of nitrogens with one attached hydrogen (secondary N) is 1. The van der Waals surface area contributed by atoms with Crippen molar-refractivity contribution in [1.29, 1.82) is 0 Å². The van der Waals surface area contributed by atoms with Crippen molar-refractivity contribution in [3.8, 4) is 11.3 Å². The predicted molar refractivity (Wildman–Crippen MR) is 121 cm³/mol. The van der Waals surface area contributed by atoms with Gasteiger partial charge in [0.05, 0.1) is 5.69 Å². The van der Waals surface area contributed by atoms with Crippen molar-refractivity contribution in [2.45, 2.75) is 20.8 Å². The summed E-state index contributed by atoms with van der Waals surface area (Å²) < 4.78 is 0. The number of benzene rings is 2. The van der Waals surface area contributed by atoms with Gasteiger partial charge in [-0.2, -0.15) is 0 Å². The van der Waals surface area contributed by atoms with Crippen LogP contribution in [0.3, 0.4) is 0 Å². The molecule has 0 unspecified atom stereocenters. The summed E-state index contributed by atoms with van der Waals surface area (Å²) in [4.78, 5) is 16.6. The number of nitrogens with zero attached hydrogens (tertiary/aromatic N) is 4. The van der Waals surface area contributed by atoms with Crippen LogP contribution in [-0.4, -0.2) is 47.3 Å². The lowest BCUT2D eigenvalue weighted by atomic mass is 10.0. The highest BCUT2D eigenvalue weighted by Crippen LogP contribution is 2.22. The van der Waals surface area contributed by atoms with E-state index in [4.69, 9.17) is 0 Å². The first-order valence-corrected chi connectivity index (χ1v) is 10.3. The number of carbonyl (C=O) groups is 1. The van der Waals surface area contributed by atoms with Crippen molar-refractivity contribution >= 4 is 17.5 Å². The Morgan fingerprint density at radius 1 is 0.833 bits per heavy atom. The normalized spacial score (nSPS) is 14.0. The van der Waals surface area contributed by atoms with Crippen molar-refractivity contribution in [1.82, 2.24) is 15.1 Å². The van der Waals surface area contributed by atoms with Crippen LogP contribution in [0.15, 0.2) is 54.6 Å². The molecule has 1 aromatic heterocycles. The Hall–Kier alpha value is -3.41. The quantitative estimate of drug-likeness (QED) is 0.706. The van der Waals surface area contributed by atoms with Crippen LogP contribution < -0.4 is 10.2 Å². The molecule has 2 aromatic carbocycles. The number of anilines is 2. The average Bonchev–Trinajstić information content (AvgIpc) is 2.77. The molecular weight excluding hydrogens is 374 g/mol. The molecule has 1 aliphatic rings. The summed E-state index contributed by atoms with van der Waals surface area (Å²) in [7, 11) is 0. The number of para-hydroxylation sites is 1. The zero-order chi connectivity index (χ0) is 21.1. The van der Waals surface area contributed by atoms with E-state index in [0.717, 1.165) is 41.4 Å². The molecule has 0 bridgehead atoms. The minimum Gasteiger partial charge on any atom is -0.352 e. The average molecular weight is 402 g/mol. The third kappa shape index (κ3) is 4.27. The number of rotatable bonds is 3. The molecule has 1 N–H and O–H groups in total. The van der Waals surface area contributed by atoms with Gasteiger partial charge >= 0.3 is 6.03 Å². The number of aromatic nitrogens is 2. The van der Waals surface area contributed by atoms with Crippen molar-refractivity contribution in [3.63, 3.8) is 0 Å². The highest BCUT2D eigenvalue weighted by Gasteiger charge is 2.22. The topological polar surface area (TPSA) is 61.4 Å². The molecular formula is C24H27N5O. The second-order valence-corrected chi connectivity index (χ2v) is 7.79. The van der Waals surface area contributed by atoms with Crippen LogP contribution >= 0.6 is 0 Å². The lowest BCUT2D eigenvalue weighted by molar-refractivity contribution is 0.208. The van der Waals surface area contributed by atoms with Gasteiger partial charge < -0.3 is 15.1 Å². The maximum Gasteiger partial charge on any atom is 0.321 e. The molecule has 0 aliphatic carbocycles. The first-order chi connectivity index (χ1) is 14.5. The molecule has 0 radical (unpaired) electrons. The van der Waals surface area contributed by atoms with Gasteiger partial charge in [0, 0.05) is 37.4 Å². The lowest BCUT2D eigenvalue weighted by Crippen LogP contribution is -2.50. The monoisotopic (exact) mass is 401 g/mol. The van der Waals surface area contributed by atoms with Gasteiger partial charge in [0.1, 0.15) is 0 Å². The summed E-state index contributed by atoms with van der Waals surface area (Å²) in [5, 5.41) is 11.9. The smallest absolute Gasteiger partial charge is 0.321 e. The molecule has 1 fully saturated rings. The molecule has 0 saturated carbocycles. The summed E-state index contributed by atoms with van der Waals surface area (Å²) in [5.74, 6) is 0.849. The molecule has 4 rings (SSSR count). The number of urea groups is 1. The van der Waals surface area contributed by atoms with Gasteiger partial charge in [-0.05, 0) is 61.7 Å². The molecule has 6 heteroatoms. The first kappa shape index (κ1) is 19.9. The van der Waals surface area contributed by atoms with E-state index in [1.165, 1.54) is 11.1 Å². The van der Waals surface area contributed by atoms with Gasteiger partial charge in [-0.3, -0.25) is 0 Å². The summed E-state index contributed by atoms with van der Waals surface area (Å²) in [5.41, 5.74) is 6.39. The van der Waals surface area contributed by atoms with E-state index in [2.05, 4.69) is 52.5 Å². The van der Waals surface area contributed by atoms with Crippen molar-refractivity contribution in [2.75, 3.05) is 36.4 Å². The molecule has 154 valence electrons. The Labute approximate surface area is 177 Å². The summed E-state index contributed by atoms with van der Waals surface area (Å²) >= 11 is 0. The van der Waals surface area contributed by atoms with E-state index in [1.54, 1.807) is 0 Å². The van der Waals surface area contributed by atoms with E-state index in [0.29, 0.717) is 13.1 Å². The van der Waals surface area contributed by atoms with Gasteiger partial charge in [-0.15, -0.1) is 10.2 Å². The van der Waals surface area contributed by atoms with Crippen LogP contribution in [0, 0.1) is 20.8 Å². The van der Waals surface area contributed by atoms with Crippen LogP contribution in [-0.2, 0) is 0 Å². The van der Waals surface area contributed by atoms with Crippen LogP contribution in [0.2, 0.25) is 0 Å². The number of hydrogen-bond acceptors (Lipinski definition) is 4. The summed E-state index contributed by atoms with van der Waals surface area (Å²) in [6.07, 6.45) is 0. The van der Waals surface area contributed by atoms with Crippen LogP contribution in [0.4, 0.5) is 16.3 Å². The lowest BCUT2D eigenvalue weighted by Gasteiger charge is -2.35. The second-order valence-electron chi connectivity index (χ2n) is 7.79. The number of piperazine rings is 1. The van der Waals surface area contributed by atoms with Gasteiger partial charge in [-0.25, -0.2) is 4.79 Å². The Morgan fingerprint density at radius 2 is 1.60 bits per heavy atom. The third-order valence-corrected chi connectivity index (χ3v) is 5.73. The zero-order valence-electron chi connectivity index (χ0n) is 17.7. The largest absolute Gasteiger partial charge is 0.352 e. The van der Waals surface area contributed by atoms with E-state index >= 15 is 0 Å². The molecule has 3 aromatic rings. The van der Waals surface area contributed by atoms with E-state index in [9.17, 15) is 4.79 Å². The molecule has 6 nitrogen and oxygen atoms in total. The van der Waals surface area contributed by atoms with Crippen molar-refractivity contribution < 1.29 is 4.79 Å². The maximum absolute atomic E-state index is 12.6. The van der Waals surface area contributed by atoms with Crippen LogP contribution in [0.1, 0.15) is 16.7 Å². The Morgan fingerprint density at radius 3 is 2.27 bits per heavy atom. The Bertz CT molecular complexity index is 1040. The highest BCUT2D eigenvalue weighted by molar-refractivity contribution is 5.90. The van der Waals surface area contributed by atoms with Gasteiger partial charge in [0.15, 0.2) is 5.82 Å². The molecule has 30 heavy (non-hydrogen) atoms. The second kappa shape index (κ2) is 8.53. The SMILES string of the molecule is Cc1ccc(-c2ccc(N3CCN(C(=O)Nc4ccccc4C)CC3)nn2)cc1C. The summed E-state index contributed by atoms with van der Waals surface area (Å²) in [6, 6.07) is 18.1. The van der Waals surface area contributed by atoms with Crippen LogP contribution in [0.25, 0.3) is 11.3 Å². The van der Waals surface area contributed by atoms with Crippen molar-refractivity contribution in [2.24, 2.45) is 0 Å². The Balaban J connectivity index is 1.36. The molecule has 0 atom stereocenters. The standard InChI is InChI=1S/C24H27N5O/c1-17-8-9-20(16-19(17)3)22-10-11-23(27-26-22)28-12-14-29(15-13-28)24(30)25-21-7-5-4-6-18(21)2/h4-11,16H,12-15H2,1-3H3,(H,25,30). The molecule has 2 amide bonds. The van der Waals surface area contributed by atoms with E-state index in [1.807, 2.05) is 48.2 Å². The fraction of sp³-hybridized carbons (Fsp3) is 0.292. The summed E-state index contributed by atoms with van der Waals surface area (Å²) in [6.45, 7) is 8.98. The number of aryl methyl sites for hydroxylation is 3. The van der Waals surface area contributed by atoms with Crippen LogP contribution in [0.5, 0.6) is 0 Å². The van der Waals surface area contributed by atoms with Gasteiger partial charge in [0.2, 0.25) is 0 Å². The van der Waals surface area contributed by atoms with E-state index in [-0.39, 0.29) is 6.03 Å². The highest BCUT2D eigenvalue weighted by atomic mass is 16.2. The Kier molecular flexibility index (Phi) is 5.65. The maximum atomic E-state index is 12.6. The zero-order valence-corrected chi connectivity index (χ0v) is 17.7. The van der Waals surface area contributed by atoms with Crippen molar-refractivity contribution in [3.05, 3.63) is 71.3 Å². The minimum absolute atomic E-state index is 0.0554. The molecule has 0 spiro atoms. The number of amides is 2. The fourth-order valence-corrected chi connectivity index (χ4v) is 3.59. The number of carbonyl (C=O) groups excluding carboxylic acids is 1. The van der Waals surface area contributed by atoms with Gasteiger partial charge in [-0.1, -0.05) is 30.3 Å². The fourth-order valence-electron chi connectivity index (χ4n) is 3.59. The molecule has 1 saturated heterocycles. The minimum atomic E-state index is -0.0554.